The first kappa shape index (κ1) is 19.0. The molecule has 0 spiro atoms. The van der Waals surface area contributed by atoms with Crippen LogP contribution in [0.15, 0.2) is 54.6 Å². The molecule has 0 aliphatic heterocycles. The number of amides is 1. The van der Waals surface area contributed by atoms with Crippen LogP contribution in [-0.2, 0) is 9.53 Å². The molecule has 1 N–H and O–H groups in total. The highest BCUT2D eigenvalue weighted by Gasteiger charge is 2.31. The van der Waals surface area contributed by atoms with Gasteiger partial charge in [0.05, 0.1) is 12.2 Å². The minimum Gasteiger partial charge on any atom is -0.493 e. The van der Waals surface area contributed by atoms with Gasteiger partial charge < -0.3 is 14.8 Å². The highest BCUT2D eigenvalue weighted by molar-refractivity contribution is 5.93. The number of carbonyl (C=O) groups is 2. The maximum Gasteiger partial charge on any atom is 0.339 e. The van der Waals surface area contributed by atoms with Crippen LogP contribution in [0.3, 0.4) is 0 Å². The van der Waals surface area contributed by atoms with Gasteiger partial charge in [-0.3, -0.25) is 4.79 Å². The summed E-state index contributed by atoms with van der Waals surface area (Å²) in [5, 5.41) is 2.91. The molecule has 2 aromatic rings. The van der Waals surface area contributed by atoms with Crippen LogP contribution in [0.5, 0.6) is 5.75 Å². The molecule has 0 radical (unpaired) electrons. The third-order valence-corrected chi connectivity index (χ3v) is 4.14. The molecule has 1 amide bonds. The van der Waals surface area contributed by atoms with E-state index in [1.54, 1.807) is 36.4 Å². The second-order valence-corrected chi connectivity index (χ2v) is 7.21. The van der Waals surface area contributed by atoms with E-state index in [-0.39, 0.29) is 11.9 Å². The van der Waals surface area contributed by atoms with Crippen molar-refractivity contribution < 1.29 is 19.1 Å². The largest absolute Gasteiger partial charge is 0.493 e. The van der Waals surface area contributed by atoms with Gasteiger partial charge in [0.1, 0.15) is 5.75 Å². The Labute approximate surface area is 159 Å². The molecule has 1 aliphatic rings. The topological polar surface area (TPSA) is 64.6 Å². The zero-order chi connectivity index (χ0) is 19.2. The van der Waals surface area contributed by atoms with E-state index < -0.39 is 12.1 Å². The number of carbonyl (C=O) groups excluding carboxylic acids is 2. The molecule has 1 atom stereocenters. The standard InChI is InChI=1S/C22H25NO4/c1-15(2)14-26-19-10-6-9-17(13-19)22(25)27-20(16-7-4-3-5-8-16)21(24)23-18-11-12-18/h3-10,13,15,18,20H,11-12,14H2,1-2H3,(H,23,24)/t20-/m0/s1. The van der Waals surface area contributed by atoms with Crippen molar-refractivity contribution in [3.63, 3.8) is 0 Å². The molecular formula is C22H25NO4. The van der Waals surface area contributed by atoms with E-state index in [1.165, 1.54) is 0 Å². The zero-order valence-electron chi connectivity index (χ0n) is 15.7. The van der Waals surface area contributed by atoms with Gasteiger partial charge in [0.2, 0.25) is 6.10 Å². The fourth-order valence-corrected chi connectivity index (χ4v) is 2.56. The summed E-state index contributed by atoms with van der Waals surface area (Å²) in [6.07, 6.45) is 0.965. The monoisotopic (exact) mass is 367 g/mol. The molecule has 0 saturated heterocycles. The fourth-order valence-electron chi connectivity index (χ4n) is 2.56. The van der Waals surface area contributed by atoms with E-state index in [2.05, 4.69) is 19.2 Å². The van der Waals surface area contributed by atoms with E-state index >= 15 is 0 Å². The predicted octanol–water partition coefficient (Wildman–Crippen LogP) is 3.90. The van der Waals surface area contributed by atoms with E-state index in [4.69, 9.17) is 9.47 Å². The number of rotatable bonds is 8. The van der Waals surface area contributed by atoms with Crippen LogP contribution in [0.4, 0.5) is 0 Å². The van der Waals surface area contributed by atoms with Crippen LogP contribution < -0.4 is 10.1 Å². The van der Waals surface area contributed by atoms with Crippen molar-refractivity contribution in [1.82, 2.24) is 5.32 Å². The van der Waals surface area contributed by atoms with Gasteiger partial charge in [-0.2, -0.15) is 0 Å². The highest BCUT2D eigenvalue weighted by Crippen LogP contribution is 2.24. The molecule has 27 heavy (non-hydrogen) atoms. The summed E-state index contributed by atoms with van der Waals surface area (Å²) in [7, 11) is 0. The van der Waals surface area contributed by atoms with Gasteiger partial charge in [-0.05, 0) is 37.0 Å². The number of esters is 1. The van der Waals surface area contributed by atoms with Gasteiger partial charge in [0.25, 0.3) is 5.91 Å². The Bertz CT molecular complexity index is 784. The van der Waals surface area contributed by atoms with Crippen molar-refractivity contribution in [1.29, 1.82) is 0 Å². The number of benzene rings is 2. The molecule has 3 rings (SSSR count). The SMILES string of the molecule is CC(C)COc1cccc(C(=O)O[C@H](C(=O)NC2CC2)c2ccccc2)c1. The minimum atomic E-state index is -0.973. The first-order valence-corrected chi connectivity index (χ1v) is 9.32. The number of ether oxygens (including phenoxy) is 2. The lowest BCUT2D eigenvalue weighted by atomic mass is 10.1. The van der Waals surface area contributed by atoms with Gasteiger partial charge in [-0.1, -0.05) is 50.2 Å². The first-order chi connectivity index (χ1) is 13.0. The van der Waals surface area contributed by atoms with Gasteiger partial charge in [-0.25, -0.2) is 4.79 Å². The molecule has 2 aromatic carbocycles. The molecule has 5 nitrogen and oxygen atoms in total. The quantitative estimate of drug-likeness (QED) is 0.719. The molecule has 0 aromatic heterocycles. The van der Waals surface area contributed by atoms with Crippen molar-refractivity contribution >= 4 is 11.9 Å². The van der Waals surface area contributed by atoms with Gasteiger partial charge in [0, 0.05) is 11.6 Å². The van der Waals surface area contributed by atoms with Crippen LogP contribution in [0.1, 0.15) is 48.7 Å². The second kappa shape index (κ2) is 8.71. The van der Waals surface area contributed by atoms with Crippen molar-refractivity contribution in [2.45, 2.75) is 38.8 Å². The molecule has 142 valence electrons. The molecule has 5 heteroatoms. The Balaban J connectivity index is 1.73. The highest BCUT2D eigenvalue weighted by atomic mass is 16.5. The summed E-state index contributed by atoms with van der Waals surface area (Å²) < 4.78 is 11.3. The lowest BCUT2D eigenvalue weighted by Gasteiger charge is -2.18. The zero-order valence-corrected chi connectivity index (χ0v) is 15.7. The summed E-state index contributed by atoms with van der Waals surface area (Å²) >= 11 is 0. The summed E-state index contributed by atoms with van der Waals surface area (Å²) in [6, 6.07) is 16.1. The van der Waals surface area contributed by atoms with Crippen LogP contribution in [0.25, 0.3) is 0 Å². The molecule has 0 heterocycles. The van der Waals surface area contributed by atoms with Crippen LogP contribution >= 0.6 is 0 Å². The number of nitrogens with one attached hydrogen (secondary N) is 1. The molecule has 0 bridgehead atoms. The summed E-state index contributed by atoms with van der Waals surface area (Å²) in [6.45, 7) is 4.68. The average molecular weight is 367 g/mol. The van der Waals surface area contributed by atoms with E-state index in [1.807, 2.05) is 18.2 Å². The second-order valence-electron chi connectivity index (χ2n) is 7.21. The lowest BCUT2D eigenvalue weighted by molar-refractivity contribution is -0.130. The van der Waals surface area contributed by atoms with Crippen LogP contribution in [0.2, 0.25) is 0 Å². The Morgan fingerprint density at radius 3 is 2.48 bits per heavy atom. The maximum atomic E-state index is 12.7. The van der Waals surface area contributed by atoms with Crippen molar-refractivity contribution in [3.8, 4) is 5.75 Å². The third-order valence-electron chi connectivity index (χ3n) is 4.14. The third kappa shape index (κ3) is 5.58. The van der Waals surface area contributed by atoms with Crippen LogP contribution in [0, 0.1) is 5.92 Å². The molecule has 1 aliphatic carbocycles. The Hall–Kier alpha value is -2.82. The Morgan fingerprint density at radius 1 is 1.07 bits per heavy atom. The molecule has 0 unspecified atom stereocenters. The van der Waals surface area contributed by atoms with Crippen molar-refractivity contribution in [2.75, 3.05) is 6.61 Å². The van der Waals surface area contributed by atoms with Gasteiger partial charge in [0.15, 0.2) is 0 Å². The molecule has 1 saturated carbocycles. The Kier molecular flexibility index (Phi) is 6.12. The van der Waals surface area contributed by atoms with Crippen LogP contribution in [-0.4, -0.2) is 24.5 Å². The Morgan fingerprint density at radius 2 is 1.81 bits per heavy atom. The smallest absolute Gasteiger partial charge is 0.339 e. The predicted molar refractivity (Wildman–Crippen MR) is 103 cm³/mol. The molecule has 1 fully saturated rings. The number of hydrogen-bond acceptors (Lipinski definition) is 4. The fraction of sp³-hybridized carbons (Fsp3) is 0.364. The van der Waals surface area contributed by atoms with E-state index in [0.29, 0.717) is 29.4 Å². The molecular weight excluding hydrogens is 342 g/mol. The van der Waals surface area contributed by atoms with E-state index in [0.717, 1.165) is 12.8 Å². The van der Waals surface area contributed by atoms with Gasteiger partial charge >= 0.3 is 5.97 Å². The normalized spacial score (nSPS) is 14.5. The average Bonchev–Trinajstić information content (AvgIpc) is 3.49. The number of hydrogen-bond donors (Lipinski definition) is 1. The summed E-state index contributed by atoms with van der Waals surface area (Å²) in [4.78, 5) is 25.3. The summed E-state index contributed by atoms with van der Waals surface area (Å²) in [5.41, 5.74) is 1.01. The summed E-state index contributed by atoms with van der Waals surface area (Å²) in [5.74, 6) is 0.153. The lowest BCUT2D eigenvalue weighted by Crippen LogP contribution is -2.33. The van der Waals surface area contributed by atoms with Crippen molar-refractivity contribution in [2.24, 2.45) is 5.92 Å². The minimum absolute atomic E-state index is 0.190. The maximum absolute atomic E-state index is 12.7. The van der Waals surface area contributed by atoms with Crippen molar-refractivity contribution in [3.05, 3.63) is 65.7 Å². The van der Waals surface area contributed by atoms with Gasteiger partial charge in [-0.15, -0.1) is 0 Å². The van der Waals surface area contributed by atoms with E-state index in [9.17, 15) is 9.59 Å². The first-order valence-electron chi connectivity index (χ1n) is 9.32.